The van der Waals surface area contributed by atoms with Crippen LogP contribution in [0.2, 0.25) is 0 Å². The molecule has 6 saturated carbocycles. The monoisotopic (exact) mass is 909 g/mol. The highest BCUT2D eigenvalue weighted by molar-refractivity contribution is 5.99. The number of benzene rings is 4. The minimum absolute atomic E-state index is 0.0565. The lowest BCUT2D eigenvalue weighted by atomic mass is 9.55. The molecule has 0 unspecified atom stereocenters. The van der Waals surface area contributed by atoms with Crippen LogP contribution in [0, 0.1) is 57.2 Å². The standard InChI is InChI=1S/2C32H38O2/c2*1-31(2)18-26(27(19-31)30(34)20-7-5-4-6-8-20)22-9-11-23-21(17-22)10-12-25-24(23)15-16-32(3)28(25)13-14-29(32)33/h2*4-9,11,17,24-28H,10,12-16,18-19H2,1-3H3/t2*24-,25-,26-,27+,28+,32+/m11/s1. The van der Waals surface area contributed by atoms with Gasteiger partial charge >= 0.3 is 0 Å². The van der Waals surface area contributed by atoms with E-state index in [4.69, 9.17) is 0 Å². The van der Waals surface area contributed by atoms with Crippen LogP contribution in [0.5, 0.6) is 0 Å². The third-order valence-electron chi connectivity index (χ3n) is 20.6. The summed E-state index contributed by atoms with van der Waals surface area (Å²) in [7, 11) is 0. The van der Waals surface area contributed by atoms with Crippen molar-refractivity contribution in [3.63, 3.8) is 0 Å². The number of ketones is 4. The van der Waals surface area contributed by atoms with Gasteiger partial charge in [-0.2, -0.15) is 0 Å². The highest BCUT2D eigenvalue weighted by atomic mass is 16.1. The molecule has 0 aliphatic heterocycles. The van der Waals surface area contributed by atoms with Crippen molar-refractivity contribution in [1.82, 2.24) is 0 Å². The summed E-state index contributed by atoms with van der Waals surface area (Å²) >= 11 is 0. The van der Waals surface area contributed by atoms with E-state index >= 15 is 0 Å². The van der Waals surface area contributed by atoms with Crippen molar-refractivity contribution in [3.8, 4) is 0 Å². The van der Waals surface area contributed by atoms with Crippen molar-refractivity contribution < 1.29 is 19.2 Å². The van der Waals surface area contributed by atoms with Gasteiger partial charge in [0.1, 0.15) is 11.6 Å². The second kappa shape index (κ2) is 17.2. The number of carbonyl (C=O) groups excluding carboxylic acids is 4. The summed E-state index contributed by atoms with van der Waals surface area (Å²) in [5.41, 5.74) is 10.8. The predicted octanol–water partition coefficient (Wildman–Crippen LogP) is 15.0. The molecule has 0 aromatic heterocycles. The summed E-state index contributed by atoms with van der Waals surface area (Å²) in [6, 6.07) is 34.2. The van der Waals surface area contributed by atoms with E-state index in [1.807, 2.05) is 60.7 Å². The van der Waals surface area contributed by atoms with Gasteiger partial charge in [0.2, 0.25) is 0 Å². The maximum atomic E-state index is 13.5. The molecule has 6 fully saturated rings. The minimum atomic E-state index is -0.0565. The zero-order valence-corrected chi connectivity index (χ0v) is 42.0. The minimum Gasteiger partial charge on any atom is -0.299 e. The lowest BCUT2D eigenvalue weighted by Crippen LogP contribution is -2.42. The molecule has 0 N–H and O–H groups in total. The van der Waals surface area contributed by atoms with Gasteiger partial charge in [-0.3, -0.25) is 19.2 Å². The Hall–Kier alpha value is -4.44. The van der Waals surface area contributed by atoms with Gasteiger partial charge in [0.25, 0.3) is 0 Å². The third-order valence-corrected chi connectivity index (χ3v) is 20.6. The Morgan fingerprint density at radius 1 is 0.441 bits per heavy atom. The van der Waals surface area contributed by atoms with E-state index < -0.39 is 0 Å². The van der Waals surface area contributed by atoms with Crippen molar-refractivity contribution >= 4 is 23.1 Å². The number of Topliss-reactive ketones (excluding diaryl/α,β-unsaturated/α-hetero) is 4. The molecular weight excluding hydrogens is 833 g/mol. The number of fused-ring (bicyclic) bond motifs is 10. The molecule has 0 radical (unpaired) electrons. The summed E-state index contributed by atoms with van der Waals surface area (Å²) < 4.78 is 0. The van der Waals surface area contributed by atoms with Crippen LogP contribution in [0.25, 0.3) is 0 Å². The lowest BCUT2D eigenvalue weighted by Gasteiger charge is -2.48. The predicted molar refractivity (Wildman–Crippen MR) is 272 cm³/mol. The summed E-state index contributed by atoms with van der Waals surface area (Å²) in [4.78, 5) is 52.4. The van der Waals surface area contributed by atoms with Gasteiger partial charge in [-0.1, -0.05) is 139 Å². The highest BCUT2D eigenvalue weighted by Crippen LogP contribution is 2.62. The molecule has 0 saturated heterocycles. The third kappa shape index (κ3) is 7.85. The molecule has 0 heterocycles. The molecule has 4 aromatic carbocycles. The van der Waals surface area contributed by atoms with Crippen LogP contribution in [0.3, 0.4) is 0 Å². The van der Waals surface area contributed by atoms with Crippen LogP contribution < -0.4 is 0 Å². The molecule has 4 heteroatoms. The first-order valence-corrected chi connectivity index (χ1v) is 27.0. The van der Waals surface area contributed by atoms with Crippen LogP contribution in [-0.4, -0.2) is 23.1 Å². The van der Waals surface area contributed by atoms with E-state index in [9.17, 15) is 19.2 Å². The first kappa shape index (κ1) is 46.0. The molecular formula is C64H76O4. The molecule has 356 valence electrons. The average molecular weight is 909 g/mol. The lowest BCUT2D eigenvalue weighted by molar-refractivity contribution is -0.130. The van der Waals surface area contributed by atoms with E-state index in [1.165, 1.54) is 35.1 Å². The number of aryl methyl sites for hydroxylation is 2. The van der Waals surface area contributed by atoms with Gasteiger partial charge in [-0.15, -0.1) is 0 Å². The molecule has 12 atom stereocenters. The van der Waals surface area contributed by atoms with Gasteiger partial charge in [0.15, 0.2) is 11.6 Å². The summed E-state index contributed by atoms with van der Waals surface area (Å²) in [6.07, 6.45) is 17.0. The Balaban J connectivity index is 0.000000149. The molecule has 8 aliphatic rings. The van der Waals surface area contributed by atoms with E-state index in [-0.39, 0.29) is 33.5 Å². The van der Waals surface area contributed by atoms with Gasteiger partial charge in [0, 0.05) is 46.6 Å². The van der Waals surface area contributed by atoms with E-state index in [0.29, 0.717) is 70.5 Å². The van der Waals surface area contributed by atoms with Crippen LogP contribution in [0.1, 0.15) is 209 Å². The fourth-order valence-corrected chi connectivity index (χ4v) is 17.2. The molecule has 8 aliphatic carbocycles. The Morgan fingerprint density at radius 3 is 1.24 bits per heavy atom. The van der Waals surface area contributed by atoms with E-state index in [0.717, 1.165) is 101 Å². The van der Waals surface area contributed by atoms with Crippen LogP contribution in [-0.2, 0) is 22.4 Å². The van der Waals surface area contributed by atoms with Gasteiger partial charge in [-0.05, 0) is 181 Å². The van der Waals surface area contributed by atoms with Crippen molar-refractivity contribution in [2.45, 2.75) is 168 Å². The zero-order valence-electron chi connectivity index (χ0n) is 42.0. The molecule has 68 heavy (non-hydrogen) atoms. The van der Waals surface area contributed by atoms with Crippen molar-refractivity contribution in [2.75, 3.05) is 0 Å². The summed E-state index contributed by atoms with van der Waals surface area (Å²) in [6.45, 7) is 13.8. The highest BCUT2D eigenvalue weighted by Gasteiger charge is 2.56. The normalized spacial score (nSPS) is 36.0. The van der Waals surface area contributed by atoms with Crippen molar-refractivity contribution in [3.05, 3.63) is 142 Å². The second-order valence-electron chi connectivity index (χ2n) is 25.6. The maximum absolute atomic E-state index is 13.5. The fraction of sp³-hybridized carbons (Fsp3) is 0.562. The summed E-state index contributed by atoms with van der Waals surface area (Å²) in [5, 5.41) is 0. The average Bonchev–Trinajstić information content (AvgIpc) is 4.06. The van der Waals surface area contributed by atoms with Crippen molar-refractivity contribution in [1.29, 1.82) is 0 Å². The number of hydrogen-bond acceptors (Lipinski definition) is 4. The number of rotatable bonds is 6. The van der Waals surface area contributed by atoms with Crippen molar-refractivity contribution in [2.24, 2.45) is 57.2 Å². The Labute approximate surface area is 407 Å². The Kier molecular flexibility index (Phi) is 11.6. The smallest absolute Gasteiger partial charge is 0.166 e. The molecule has 4 aromatic rings. The first-order valence-electron chi connectivity index (χ1n) is 27.0. The second-order valence-corrected chi connectivity index (χ2v) is 25.6. The first-order chi connectivity index (χ1) is 32.5. The van der Waals surface area contributed by atoms with Gasteiger partial charge in [-0.25, -0.2) is 0 Å². The Morgan fingerprint density at radius 2 is 0.838 bits per heavy atom. The Bertz CT molecular complexity index is 2440. The van der Waals surface area contributed by atoms with Gasteiger partial charge < -0.3 is 0 Å². The van der Waals surface area contributed by atoms with E-state index in [1.54, 1.807) is 11.1 Å². The molecule has 0 bridgehead atoms. The van der Waals surface area contributed by atoms with Crippen LogP contribution in [0.15, 0.2) is 97.1 Å². The molecule has 4 nitrogen and oxygen atoms in total. The largest absolute Gasteiger partial charge is 0.299 e. The quantitative estimate of drug-likeness (QED) is 0.181. The van der Waals surface area contributed by atoms with E-state index in [2.05, 4.69) is 77.9 Å². The number of hydrogen-bond donors (Lipinski definition) is 0. The van der Waals surface area contributed by atoms with Crippen LogP contribution in [0.4, 0.5) is 0 Å². The number of carbonyl (C=O) groups is 4. The molecule has 0 amide bonds. The maximum Gasteiger partial charge on any atom is 0.166 e. The molecule has 12 rings (SSSR count). The topological polar surface area (TPSA) is 68.3 Å². The SMILES string of the molecule is CC1(C)C[C@H](C(=O)c2ccccc2)[C@@H](c2ccc3c(c2)CC[C@@H]2[C@@H]3CC[C@]3(C)C(=O)CC[C@@H]23)C1.CC1(C)C[C@H](C(=O)c2ccccc2)[C@@H](c2ccc3c(c2)CC[C@@H]2[C@@H]3CC[C@]3(C)C(=O)CC[C@@H]23)C1. The summed E-state index contributed by atoms with van der Waals surface area (Å²) in [5.74, 6) is 6.11. The molecule has 0 spiro atoms. The zero-order chi connectivity index (χ0) is 47.3. The fourth-order valence-electron chi connectivity index (χ4n) is 17.2. The van der Waals surface area contributed by atoms with Crippen LogP contribution >= 0.6 is 0 Å². The van der Waals surface area contributed by atoms with Gasteiger partial charge in [0.05, 0.1) is 0 Å².